The second-order valence-corrected chi connectivity index (χ2v) is 7.52. The Bertz CT molecular complexity index is 804. The van der Waals surface area contributed by atoms with E-state index >= 15 is 0 Å². The van der Waals surface area contributed by atoms with Crippen molar-refractivity contribution in [2.45, 2.75) is 26.8 Å². The predicted octanol–water partition coefficient (Wildman–Crippen LogP) is 4.20. The van der Waals surface area contributed by atoms with Crippen molar-refractivity contribution >= 4 is 38.8 Å². The number of amides is 1. The minimum atomic E-state index is -0.0632. The van der Waals surface area contributed by atoms with Crippen molar-refractivity contribution in [2.75, 3.05) is 7.05 Å². The number of aryl methyl sites for hydroxylation is 2. The van der Waals surface area contributed by atoms with E-state index in [2.05, 4.69) is 16.0 Å². The van der Waals surface area contributed by atoms with Gasteiger partial charge in [-0.15, -0.1) is 22.7 Å². The first-order chi connectivity index (χ1) is 10.5. The summed E-state index contributed by atoms with van der Waals surface area (Å²) in [5.41, 5.74) is 1.79. The van der Waals surface area contributed by atoms with Gasteiger partial charge in [-0.3, -0.25) is 4.79 Å². The number of benzene rings is 1. The highest BCUT2D eigenvalue weighted by Crippen LogP contribution is 2.30. The Hall–Kier alpha value is -1.79. The van der Waals surface area contributed by atoms with Gasteiger partial charge < -0.3 is 4.90 Å². The van der Waals surface area contributed by atoms with Crippen molar-refractivity contribution in [1.82, 2.24) is 14.9 Å². The van der Waals surface area contributed by atoms with E-state index in [1.165, 1.54) is 11.3 Å². The molecule has 0 N–H and O–H groups in total. The first-order valence-electron chi connectivity index (χ1n) is 7.04. The van der Waals surface area contributed by atoms with Gasteiger partial charge in [0.1, 0.15) is 9.88 Å². The molecular formula is C16H17N3OS2. The molecule has 1 atom stereocenters. The van der Waals surface area contributed by atoms with Gasteiger partial charge in [-0.05, 0) is 32.9 Å². The highest BCUT2D eigenvalue weighted by atomic mass is 32.1. The van der Waals surface area contributed by atoms with E-state index in [0.29, 0.717) is 4.88 Å². The van der Waals surface area contributed by atoms with Gasteiger partial charge in [-0.1, -0.05) is 12.1 Å². The van der Waals surface area contributed by atoms with Crippen LogP contribution in [0.3, 0.4) is 0 Å². The topological polar surface area (TPSA) is 46.1 Å². The van der Waals surface area contributed by atoms with Crippen LogP contribution in [0.5, 0.6) is 0 Å². The van der Waals surface area contributed by atoms with Gasteiger partial charge in [0.05, 0.1) is 27.0 Å². The smallest absolute Gasteiger partial charge is 0.266 e. The van der Waals surface area contributed by atoms with Crippen molar-refractivity contribution in [3.05, 3.63) is 44.9 Å². The Morgan fingerprint density at radius 3 is 2.55 bits per heavy atom. The number of fused-ring (bicyclic) bond motifs is 1. The van der Waals surface area contributed by atoms with E-state index in [1.54, 1.807) is 16.2 Å². The van der Waals surface area contributed by atoms with Crippen molar-refractivity contribution in [1.29, 1.82) is 0 Å². The molecule has 0 aliphatic rings. The van der Waals surface area contributed by atoms with Gasteiger partial charge in [0, 0.05) is 7.05 Å². The molecule has 0 saturated heterocycles. The van der Waals surface area contributed by atoms with Crippen molar-refractivity contribution < 1.29 is 4.79 Å². The number of hydrogen-bond acceptors (Lipinski definition) is 5. The number of para-hydroxylation sites is 1. The molecule has 2 aromatic heterocycles. The molecule has 6 heteroatoms. The summed E-state index contributed by atoms with van der Waals surface area (Å²) in [5, 5.41) is 1.87. The van der Waals surface area contributed by atoms with Crippen LogP contribution < -0.4 is 0 Å². The quantitative estimate of drug-likeness (QED) is 0.722. The van der Waals surface area contributed by atoms with Crippen LogP contribution in [-0.4, -0.2) is 27.8 Å². The molecule has 22 heavy (non-hydrogen) atoms. The maximum Gasteiger partial charge on any atom is 0.266 e. The van der Waals surface area contributed by atoms with Crippen LogP contribution in [0.15, 0.2) is 24.3 Å². The number of carbonyl (C=O) groups is 1. The van der Waals surface area contributed by atoms with Gasteiger partial charge in [0.2, 0.25) is 0 Å². The first-order valence-corrected chi connectivity index (χ1v) is 8.67. The van der Waals surface area contributed by atoms with E-state index in [9.17, 15) is 4.79 Å². The summed E-state index contributed by atoms with van der Waals surface area (Å²) in [5.74, 6) is 0.00913. The van der Waals surface area contributed by atoms with Crippen LogP contribution in [0.25, 0.3) is 10.2 Å². The Kier molecular flexibility index (Phi) is 3.97. The van der Waals surface area contributed by atoms with E-state index in [4.69, 9.17) is 0 Å². The number of thiazole rings is 2. The zero-order valence-electron chi connectivity index (χ0n) is 13.0. The van der Waals surface area contributed by atoms with Crippen LogP contribution in [0.2, 0.25) is 0 Å². The van der Waals surface area contributed by atoms with E-state index in [0.717, 1.165) is 25.9 Å². The van der Waals surface area contributed by atoms with Crippen LogP contribution in [0.1, 0.15) is 38.3 Å². The molecule has 114 valence electrons. The molecule has 2 heterocycles. The zero-order valence-corrected chi connectivity index (χ0v) is 14.6. The van der Waals surface area contributed by atoms with Crippen molar-refractivity contribution in [3.63, 3.8) is 0 Å². The number of carbonyl (C=O) groups excluding carboxylic acids is 1. The lowest BCUT2D eigenvalue weighted by Gasteiger charge is -2.22. The van der Waals surface area contributed by atoms with Crippen LogP contribution in [0.4, 0.5) is 0 Å². The van der Waals surface area contributed by atoms with Gasteiger partial charge in [0.15, 0.2) is 0 Å². The standard InChI is InChI=1S/C16H17N3OS2/c1-9-14(21-11(3)17-9)16(20)19(4)10(2)15-18-12-7-5-6-8-13(12)22-15/h5-8,10H,1-4H3/t10-/m0/s1. The third-order valence-electron chi connectivity index (χ3n) is 3.67. The summed E-state index contributed by atoms with van der Waals surface area (Å²) in [6.07, 6.45) is 0. The minimum Gasteiger partial charge on any atom is -0.332 e. The Morgan fingerprint density at radius 1 is 1.18 bits per heavy atom. The van der Waals surface area contributed by atoms with Gasteiger partial charge in [0.25, 0.3) is 5.91 Å². The summed E-state index contributed by atoms with van der Waals surface area (Å²) in [6.45, 7) is 5.82. The maximum atomic E-state index is 12.7. The van der Waals surface area contributed by atoms with Crippen LogP contribution in [0, 0.1) is 13.8 Å². The Balaban J connectivity index is 1.89. The average molecular weight is 331 g/mol. The molecule has 0 spiro atoms. The van der Waals surface area contributed by atoms with Crippen LogP contribution in [-0.2, 0) is 0 Å². The molecule has 0 aliphatic heterocycles. The zero-order chi connectivity index (χ0) is 15.9. The van der Waals surface area contributed by atoms with E-state index < -0.39 is 0 Å². The number of hydrogen-bond donors (Lipinski definition) is 0. The molecule has 1 aromatic carbocycles. The van der Waals surface area contributed by atoms with Gasteiger partial charge in [-0.2, -0.15) is 0 Å². The monoisotopic (exact) mass is 331 g/mol. The van der Waals surface area contributed by atoms with Gasteiger partial charge >= 0.3 is 0 Å². The third-order valence-corrected chi connectivity index (χ3v) is 5.93. The summed E-state index contributed by atoms with van der Waals surface area (Å²) in [7, 11) is 1.83. The number of aromatic nitrogens is 2. The van der Waals surface area contributed by atoms with Crippen molar-refractivity contribution in [3.8, 4) is 0 Å². The highest BCUT2D eigenvalue weighted by Gasteiger charge is 2.24. The number of nitrogens with zero attached hydrogens (tertiary/aromatic N) is 3. The molecule has 0 bridgehead atoms. The normalized spacial score (nSPS) is 12.5. The fraction of sp³-hybridized carbons (Fsp3) is 0.312. The highest BCUT2D eigenvalue weighted by molar-refractivity contribution is 7.18. The molecular weight excluding hydrogens is 314 g/mol. The second-order valence-electron chi connectivity index (χ2n) is 5.26. The molecule has 0 fully saturated rings. The van der Waals surface area contributed by atoms with E-state index in [-0.39, 0.29) is 11.9 Å². The Morgan fingerprint density at radius 2 is 1.91 bits per heavy atom. The number of rotatable bonds is 3. The molecule has 4 nitrogen and oxygen atoms in total. The van der Waals surface area contributed by atoms with Crippen LogP contribution >= 0.6 is 22.7 Å². The Labute approximate surface area is 137 Å². The molecule has 0 aliphatic carbocycles. The predicted molar refractivity (Wildman–Crippen MR) is 91.7 cm³/mol. The SMILES string of the molecule is Cc1nc(C)c(C(=O)N(C)[C@@H](C)c2nc3ccccc3s2)s1. The lowest BCUT2D eigenvalue weighted by Crippen LogP contribution is -2.29. The summed E-state index contributed by atoms with van der Waals surface area (Å²) >= 11 is 3.09. The minimum absolute atomic E-state index is 0.00913. The summed E-state index contributed by atoms with van der Waals surface area (Å²) in [6, 6.07) is 7.98. The third kappa shape index (κ3) is 2.64. The molecule has 0 unspecified atom stereocenters. The van der Waals surface area contributed by atoms with Crippen molar-refractivity contribution in [2.24, 2.45) is 0 Å². The summed E-state index contributed by atoms with van der Waals surface area (Å²) in [4.78, 5) is 24.1. The van der Waals surface area contributed by atoms with Gasteiger partial charge in [-0.25, -0.2) is 9.97 Å². The van der Waals surface area contributed by atoms with E-state index in [1.807, 2.05) is 46.0 Å². The molecule has 0 radical (unpaired) electrons. The average Bonchev–Trinajstić information content (AvgIpc) is 3.07. The lowest BCUT2D eigenvalue weighted by molar-refractivity contribution is 0.0746. The molecule has 0 saturated carbocycles. The fourth-order valence-electron chi connectivity index (χ4n) is 2.30. The lowest BCUT2D eigenvalue weighted by atomic mass is 10.2. The molecule has 1 amide bonds. The molecule has 3 rings (SSSR count). The fourth-order valence-corrected chi connectivity index (χ4v) is 4.27. The largest absolute Gasteiger partial charge is 0.332 e. The maximum absolute atomic E-state index is 12.7. The second kappa shape index (κ2) is 5.78. The molecule has 3 aromatic rings. The first kappa shape index (κ1) is 15.1. The summed E-state index contributed by atoms with van der Waals surface area (Å²) < 4.78 is 1.15.